The molecule has 2 aromatic carbocycles. The molecule has 2 heterocycles. The number of pyridine rings is 1. The Hall–Kier alpha value is -4.57. The first-order valence-electron chi connectivity index (χ1n) is 10.9. The zero-order chi connectivity index (χ0) is 24.8. The van der Waals surface area contributed by atoms with Crippen molar-refractivity contribution >= 4 is 40.0 Å². The van der Waals surface area contributed by atoms with E-state index < -0.39 is 11.5 Å². The second-order valence-electron chi connectivity index (χ2n) is 8.08. The molecule has 0 aliphatic heterocycles. The van der Waals surface area contributed by atoms with Crippen molar-refractivity contribution in [1.29, 1.82) is 0 Å². The number of carbonyl (C=O) groups excluding carboxylic acids is 2. The fourth-order valence-corrected chi connectivity index (χ4v) is 3.34. The number of H-pyrrole nitrogens is 1. The third-order valence-corrected chi connectivity index (χ3v) is 5.18. The summed E-state index contributed by atoms with van der Waals surface area (Å²) in [7, 11) is 3.79. The van der Waals surface area contributed by atoms with Crippen LogP contribution >= 0.6 is 0 Å². The van der Waals surface area contributed by atoms with Gasteiger partial charge in [-0.25, -0.2) is 9.97 Å². The number of nitrogens with zero attached hydrogens (tertiary/aromatic N) is 3. The molecule has 0 aliphatic carbocycles. The van der Waals surface area contributed by atoms with Crippen LogP contribution in [-0.2, 0) is 0 Å². The molecule has 0 radical (unpaired) electrons. The van der Waals surface area contributed by atoms with Crippen molar-refractivity contribution in [1.82, 2.24) is 25.2 Å². The Balaban J connectivity index is 1.52. The summed E-state index contributed by atoms with van der Waals surface area (Å²) in [6.07, 6.45) is 1.33. The third kappa shape index (κ3) is 5.87. The predicted molar refractivity (Wildman–Crippen MR) is 135 cm³/mol. The quantitative estimate of drug-likeness (QED) is 0.311. The summed E-state index contributed by atoms with van der Waals surface area (Å²) in [5, 5.41) is 9.26. The molecule has 0 spiro atoms. The molecule has 0 unspecified atom stereocenters. The van der Waals surface area contributed by atoms with Crippen LogP contribution in [0.2, 0.25) is 0 Å². The highest BCUT2D eigenvalue weighted by Crippen LogP contribution is 2.23. The number of nitrogens with one attached hydrogen (secondary N) is 4. The lowest BCUT2D eigenvalue weighted by Crippen LogP contribution is -2.34. The monoisotopic (exact) mass is 471 g/mol. The van der Waals surface area contributed by atoms with E-state index in [9.17, 15) is 14.4 Å². The molecule has 0 saturated carbocycles. The van der Waals surface area contributed by atoms with Gasteiger partial charge in [0.2, 0.25) is 0 Å². The van der Waals surface area contributed by atoms with Gasteiger partial charge in [0.15, 0.2) is 0 Å². The molecule has 4 aromatic rings. The smallest absolute Gasteiger partial charge is 0.262 e. The number of likely N-dealkylation sites (N-methyl/N-ethyl adjacent to an activating group) is 1. The molecule has 10 heteroatoms. The lowest BCUT2D eigenvalue weighted by Gasteiger charge is -2.12. The van der Waals surface area contributed by atoms with Crippen molar-refractivity contribution in [3.8, 4) is 0 Å². The molecule has 0 saturated heterocycles. The number of aromatic nitrogens is 3. The van der Waals surface area contributed by atoms with Crippen LogP contribution in [0.4, 0.5) is 17.2 Å². The zero-order valence-electron chi connectivity index (χ0n) is 19.3. The summed E-state index contributed by atoms with van der Waals surface area (Å²) in [6, 6.07) is 17.5. The van der Waals surface area contributed by atoms with Gasteiger partial charge in [0, 0.05) is 30.0 Å². The van der Waals surface area contributed by atoms with Gasteiger partial charge in [0.25, 0.3) is 17.4 Å². The van der Waals surface area contributed by atoms with Crippen molar-refractivity contribution in [3.63, 3.8) is 0 Å². The summed E-state index contributed by atoms with van der Waals surface area (Å²) in [5.74, 6) is -0.244. The average Bonchev–Trinajstić information content (AvgIpc) is 2.85. The van der Waals surface area contributed by atoms with E-state index in [2.05, 4.69) is 30.9 Å². The van der Waals surface area contributed by atoms with Crippen molar-refractivity contribution in [2.45, 2.75) is 0 Å². The van der Waals surface area contributed by atoms with Gasteiger partial charge < -0.3 is 25.8 Å². The molecule has 2 amide bonds. The van der Waals surface area contributed by atoms with Crippen LogP contribution in [0.3, 0.4) is 0 Å². The maximum atomic E-state index is 12.5. The van der Waals surface area contributed by atoms with Crippen LogP contribution in [0, 0.1) is 0 Å². The van der Waals surface area contributed by atoms with Gasteiger partial charge in [-0.2, -0.15) is 0 Å². The second kappa shape index (κ2) is 10.6. The highest BCUT2D eigenvalue weighted by molar-refractivity contribution is 6.04. The van der Waals surface area contributed by atoms with Gasteiger partial charge in [0.1, 0.15) is 23.4 Å². The Morgan fingerprint density at radius 1 is 0.943 bits per heavy atom. The van der Waals surface area contributed by atoms with Crippen molar-refractivity contribution in [2.75, 3.05) is 37.8 Å². The Morgan fingerprint density at radius 2 is 1.66 bits per heavy atom. The van der Waals surface area contributed by atoms with E-state index in [1.54, 1.807) is 48.5 Å². The zero-order valence-corrected chi connectivity index (χ0v) is 19.3. The molecule has 35 heavy (non-hydrogen) atoms. The minimum absolute atomic E-state index is 0.0203. The number of anilines is 3. The molecule has 178 valence electrons. The molecule has 0 atom stereocenters. The first-order valence-corrected chi connectivity index (χ1v) is 10.9. The molecule has 4 N–H and O–H groups in total. The largest absolute Gasteiger partial charge is 0.351 e. The van der Waals surface area contributed by atoms with Gasteiger partial charge in [-0.05, 0) is 56.6 Å². The Morgan fingerprint density at radius 3 is 2.37 bits per heavy atom. The number of hydrogen-bond donors (Lipinski definition) is 4. The van der Waals surface area contributed by atoms with Crippen LogP contribution in [0.5, 0.6) is 0 Å². The van der Waals surface area contributed by atoms with Crippen LogP contribution in [0.1, 0.15) is 20.7 Å². The lowest BCUT2D eigenvalue weighted by atomic mass is 10.2. The van der Waals surface area contributed by atoms with Crippen molar-refractivity contribution in [3.05, 3.63) is 88.5 Å². The van der Waals surface area contributed by atoms with Crippen LogP contribution in [0.25, 0.3) is 11.0 Å². The molecular weight excluding hydrogens is 446 g/mol. The van der Waals surface area contributed by atoms with Gasteiger partial charge >= 0.3 is 0 Å². The maximum absolute atomic E-state index is 12.5. The van der Waals surface area contributed by atoms with Crippen molar-refractivity contribution in [2.24, 2.45) is 0 Å². The van der Waals surface area contributed by atoms with Gasteiger partial charge in [-0.1, -0.05) is 18.2 Å². The Kier molecular flexibility index (Phi) is 7.12. The highest BCUT2D eigenvalue weighted by atomic mass is 16.2. The normalized spacial score (nSPS) is 10.8. The molecule has 10 nitrogen and oxygen atoms in total. The Bertz CT molecular complexity index is 1400. The molecule has 0 aliphatic rings. The van der Waals surface area contributed by atoms with E-state index in [-0.39, 0.29) is 11.5 Å². The predicted octanol–water partition coefficient (Wildman–Crippen LogP) is 2.61. The van der Waals surface area contributed by atoms with E-state index >= 15 is 0 Å². The van der Waals surface area contributed by atoms with E-state index in [1.807, 2.05) is 25.1 Å². The molecular formula is C25H25N7O3. The van der Waals surface area contributed by atoms with E-state index in [4.69, 9.17) is 0 Å². The number of fused-ring (bicyclic) bond motifs is 1. The fourth-order valence-electron chi connectivity index (χ4n) is 3.34. The number of rotatable bonds is 8. The van der Waals surface area contributed by atoms with E-state index in [0.717, 1.165) is 0 Å². The first-order chi connectivity index (χ1) is 16.9. The standard InChI is InChI=1S/C25H25N7O3/c1-32(2)13-12-26-24(34)20-14-19-21(27-15-28-22(19)31-25(20)35)29-17-8-10-18(11-9-17)30-23(33)16-6-4-3-5-7-16/h3-11,14-15H,12-13H2,1-2H3,(H,26,34)(H,30,33)(H2,27,28,29,31,35). The van der Waals surface area contributed by atoms with Crippen molar-refractivity contribution < 1.29 is 9.59 Å². The second-order valence-corrected chi connectivity index (χ2v) is 8.08. The van der Waals surface area contributed by atoms with Crippen LogP contribution in [-0.4, -0.2) is 58.9 Å². The van der Waals surface area contributed by atoms with Gasteiger partial charge in [-0.15, -0.1) is 0 Å². The minimum atomic E-state index is -0.525. The Labute approximate surface area is 201 Å². The number of aromatic amines is 1. The minimum Gasteiger partial charge on any atom is -0.351 e. The average molecular weight is 472 g/mol. The number of carbonyl (C=O) groups is 2. The van der Waals surface area contributed by atoms with E-state index in [1.165, 1.54) is 12.4 Å². The lowest BCUT2D eigenvalue weighted by molar-refractivity contribution is 0.0949. The summed E-state index contributed by atoms with van der Waals surface area (Å²) < 4.78 is 0. The molecule has 0 fully saturated rings. The summed E-state index contributed by atoms with van der Waals surface area (Å²) in [4.78, 5) is 50.3. The number of amides is 2. The van der Waals surface area contributed by atoms with E-state index in [0.29, 0.717) is 46.9 Å². The van der Waals surface area contributed by atoms with Crippen LogP contribution in [0.15, 0.2) is 71.8 Å². The van der Waals surface area contributed by atoms with Crippen LogP contribution < -0.4 is 21.5 Å². The number of benzene rings is 2. The summed E-state index contributed by atoms with van der Waals surface area (Å²) in [6.45, 7) is 1.06. The fraction of sp³-hybridized carbons (Fsp3) is 0.160. The summed E-state index contributed by atoms with van der Waals surface area (Å²) >= 11 is 0. The highest BCUT2D eigenvalue weighted by Gasteiger charge is 2.15. The molecule has 2 aromatic heterocycles. The topological polar surface area (TPSA) is 132 Å². The third-order valence-electron chi connectivity index (χ3n) is 5.18. The summed E-state index contributed by atoms with van der Waals surface area (Å²) in [5.41, 5.74) is 1.67. The van der Waals surface area contributed by atoms with Gasteiger partial charge in [-0.3, -0.25) is 14.4 Å². The SMILES string of the molecule is CN(C)CCNC(=O)c1cc2c(Nc3ccc(NC(=O)c4ccccc4)cc3)ncnc2[nH]c1=O. The maximum Gasteiger partial charge on any atom is 0.262 e. The van der Waals surface area contributed by atoms with Gasteiger partial charge in [0.05, 0.1) is 5.39 Å². The first kappa shape index (κ1) is 23.6. The number of hydrogen-bond acceptors (Lipinski definition) is 7. The molecule has 4 rings (SSSR count). The molecule has 0 bridgehead atoms.